The molecule has 0 aliphatic carbocycles. The van der Waals surface area contributed by atoms with Gasteiger partial charge in [0.15, 0.2) is 5.69 Å². The lowest BCUT2D eigenvalue weighted by molar-refractivity contribution is 0.0522. The molecule has 1 amide bonds. The molecule has 7 nitrogen and oxygen atoms in total. The number of carbonyl (C=O) groups excluding carboxylic acids is 2. The third kappa shape index (κ3) is 4.82. The Labute approximate surface area is 146 Å². The Morgan fingerprint density at radius 2 is 1.84 bits per heavy atom. The molecule has 1 N–H and O–H groups in total. The highest BCUT2D eigenvalue weighted by Gasteiger charge is 2.19. The van der Waals surface area contributed by atoms with Gasteiger partial charge in [0.2, 0.25) is 0 Å². The molecule has 0 radical (unpaired) electrons. The van der Waals surface area contributed by atoms with Crippen molar-refractivity contribution in [1.82, 2.24) is 15.1 Å². The van der Waals surface area contributed by atoms with Gasteiger partial charge < -0.3 is 14.8 Å². The summed E-state index contributed by atoms with van der Waals surface area (Å²) in [6.07, 6.45) is 1.16. The van der Waals surface area contributed by atoms with Gasteiger partial charge in [-0.3, -0.25) is 4.68 Å². The van der Waals surface area contributed by atoms with Crippen LogP contribution in [0.5, 0.6) is 0 Å². The molecule has 0 unspecified atom stereocenters. The molecular formula is C18H23N3O4. The van der Waals surface area contributed by atoms with Crippen LogP contribution in [0.2, 0.25) is 0 Å². The van der Waals surface area contributed by atoms with Gasteiger partial charge in [0.25, 0.3) is 0 Å². The van der Waals surface area contributed by atoms with Crippen LogP contribution in [0.15, 0.2) is 30.5 Å². The third-order valence-corrected chi connectivity index (χ3v) is 3.42. The van der Waals surface area contributed by atoms with Crippen molar-refractivity contribution in [3.05, 3.63) is 41.7 Å². The fourth-order valence-electron chi connectivity index (χ4n) is 2.28. The molecular weight excluding hydrogens is 322 g/mol. The molecule has 7 heteroatoms. The summed E-state index contributed by atoms with van der Waals surface area (Å²) in [5.41, 5.74) is 2.31. The highest BCUT2D eigenvalue weighted by atomic mass is 16.6. The molecule has 1 aromatic carbocycles. The molecule has 0 saturated heterocycles. The quantitative estimate of drug-likeness (QED) is 0.862. The van der Waals surface area contributed by atoms with Crippen LogP contribution >= 0.6 is 0 Å². The van der Waals surface area contributed by atoms with E-state index in [2.05, 4.69) is 10.4 Å². The largest absolute Gasteiger partial charge is 0.464 e. The lowest BCUT2D eigenvalue weighted by Crippen LogP contribution is -2.32. The van der Waals surface area contributed by atoms with E-state index in [1.807, 2.05) is 45.0 Å². The second kappa shape index (κ2) is 7.38. The number of aryl methyl sites for hydroxylation is 1. The van der Waals surface area contributed by atoms with Crippen molar-refractivity contribution in [2.45, 2.75) is 32.9 Å². The SMILES string of the molecule is COC(=O)c1c(-c2ccc(CNC(=O)OC(C)(C)C)cc2)cnn1C. The molecule has 0 atom stereocenters. The van der Waals surface area contributed by atoms with Crippen molar-refractivity contribution < 1.29 is 19.1 Å². The van der Waals surface area contributed by atoms with Crippen LogP contribution in [-0.2, 0) is 23.1 Å². The Kier molecular flexibility index (Phi) is 5.46. The average molecular weight is 345 g/mol. The second-order valence-electron chi connectivity index (χ2n) is 6.57. The van der Waals surface area contributed by atoms with E-state index < -0.39 is 17.7 Å². The number of amides is 1. The maximum atomic E-state index is 11.9. The first-order valence-corrected chi connectivity index (χ1v) is 7.88. The van der Waals surface area contributed by atoms with Crippen molar-refractivity contribution in [2.24, 2.45) is 7.05 Å². The molecule has 0 aliphatic heterocycles. The first-order chi connectivity index (χ1) is 11.7. The molecule has 2 aromatic rings. The first kappa shape index (κ1) is 18.5. The Bertz CT molecular complexity index is 758. The lowest BCUT2D eigenvalue weighted by Gasteiger charge is -2.19. The number of benzene rings is 1. The standard InChI is InChI=1S/C18H23N3O4/c1-18(2,3)25-17(23)19-10-12-6-8-13(9-7-12)14-11-20-21(4)15(14)16(22)24-5/h6-9,11H,10H2,1-5H3,(H,19,23). The summed E-state index contributed by atoms with van der Waals surface area (Å²) in [7, 11) is 3.03. The van der Waals surface area contributed by atoms with Gasteiger partial charge in [0.1, 0.15) is 5.60 Å². The van der Waals surface area contributed by atoms with Gasteiger partial charge in [-0.2, -0.15) is 5.10 Å². The van der Waals surface area contributed by atoms with Gasteiger partial charge in [-0.05, 0) is 31.9 Å². The smallest absolute Gasteiger partial charge is 0.407 e. The summed E-state index contributed by atoms with van der Waals surface area (Å²) < 4.78 is 11.5. The summed E-state index contributed by atoms with van der Waals surface area (Å²) in [6, 6.07) is 7.49. The number of hydrogen-bond acceptors (Lipinski definition) is 5. The zero-order valence-corrected chi connectivity index (χ0v) is 15.1. The van der Waals surface area contributed by atoms with Crippen LogP contribution in [0.1, 0.15) is 36.8 Å². The summed E-state index contributed by atoms with van der Waals surface area (Å²) in [5, 5.41) is 6.83. The zero-order valence-electron chi connectivity index (χ0n) is 15.1. The molecule has 1 aromatic heterocycles. The summed E-state index contributed by atoms with van der Waals surface area (Å²) in [5.74, 6) is -0.439. The number of rotatable bonds is 4. The van der Waals surface area contributed by atoms with Crippen LogP contribution in [0.4, 0.5) is 4.79 Å². The van der Waals surface area contributed by atoms with E-state index in [0.717, 1.165) is 11.1 Å². The number of carbonyl (C=O) groups is 2. The number of esters is 1. The van der Waals surface area contributed by atoms with Crippen molar-refractivity contribution in [3.8, 4) is 11.1 Å². The molecule has 25 heavy (non-hydrogen) atoms. The predicted molar refractivity (Wildman–Crippen MR) is 93.1 cm³/mol. The second-order valence-corrected chi connectivity index (χ2v) is 6.57. The minimum atomic E-state index is -0.529. The van der Waals surface area contributed by atoms with Crippen LogP contribution in [0.3, 0.4) is 0 Å². The predicted octanol–water partition coefficient (Wildman–Crippen LogP) is 2.90. The van der Waals surface area contributed by atoms with Crippen LogP contribution in [0.25, 0.3) is 11.1 Å². The number of ether oxygens (including phenoxy) is 2. The van der Waals surface area contributed by atoms with Crippen molar-refractivity contribution in [1.29, 1.82) is 0 Å². The van der Waals surface area contributed by atoms with E-state index in [4.69, 9.17) is 9.47 Å². The van der Waals surface area contributed by atoms with Crippen LogP contribution < -0.4 is 5.32 Å². The molecule has 2 rings (SSSR count). The Balaban J connectivity index is 2.08. The molecule has 0 fully saturated rings. The van der Waals surface area contributed by atoms with Crippen molar-refractivity contribution in [3.63, 3.8) is 0 Å². The average Bonchev–Trinajstić information content (AvgIpc) is 2.93. The summed E-state index contributed by atoms with van der Waals surface area (Å²) in [4.78, 5) is 23.6. The molecule has 0 bridgehead atoms. The van der Waals surface area contributed by atoms with E-state index in [0.29, 0.717) is 17.8 Å². The number of nitrogens with zero attached hydrogens (tertiary/aromatic N) is 2. The maximum Gasteiger partial charge on any atom is 0.407 e. The van der Waals surface area contributed by atoms with Gasteiger partial charge in [0.05, 0.1) is 13.3 Å². The van der Waals surface area contributed by atoms with Gasteiger partial charge in [0, 0.05) is 19.2 Å². The van der Waals surface area contributed by atoms with Gasteiger partial charge >= 0.3 is 12.1 Å². The number of alkyl carbamates (subject to hydrolysis) is 1. The minimum Gasteiger partial charge on any atom is -0.464 e. The fraction of sp³-hybridized carbons (Fsp3) is 0.389. The molecule has 1 heterocycles. The van der Waals surface area contributed by atoms with Gasteiger partial charge in [-0.25, -0.2) is 9.59 Å². The molecule has 0 spiro atoms. The number of methoxy groups -OCH3 is 1. The molecule has 0 saturated carbocycles. The molecule has 134 valence electrons. The van der Waals surface area contributed by atoms with E-state index in [-0.39, 0.29) is 0 Å². The van der Waals surface area contributed by atoms with E-state index in [1.165, 1.54) is 11.8 Å². The van der Waals surface area contributed by atoms with Crippen molar-refractivity contribution in [2.75, 3.05) is 7.11 Å². The van der Waals surface area contributed by atoms with E-state index >= 15 is 0 Å². The monoisotopic (exact) mass is 345 g/mol. The van der Waals surface area contributed by atoms with Crippen molar-refractivity contribution >= 4 is 12.1 Å². The van der Waals surface area contributed by atoms with E-state index in [9.17, 15) is 9.59 Å². The Hall–Kier alpha value is -2.83. The van der Waals surface area contributed by atoms with E-state index in [1.54, 1.807) is 13.2 Å². The minimum absolute atomic E-state index is 0.353. The number of hydrogen-bond donors (Lipinski definition) is 1. The summed E-state index contributed by atoms with van der Waals surface area (Å²) in [6.45, 7) is 5.79. The van der Waals surface area contributed by atoms with Crippen LogP contribution in [0, 0.1) is 0 Å². The zero-order chi connectivity index (χ0) is 18.6. The van der Waals surface area contributed by atoms with Gasteiger partial charge in [-0.1, -0.05) is 24.3 Å². The van der Waals surface area contributed by atoms with Crippen LogP contribution in [-0.4, -0.2) is 34.6 Å². The fourth-order valence-corrected chi connectivity index (χ4v) is 2.28. The number of nitrogens with one attached hydrogen (secondary N) is 1. The van der Waals surface area contributed by atoms with Gasteiger partial charge in [-0.15, -0.1) is 0 Å². The normalized spacial score (nSPS) is 11.1. The maximum absolute atomic E-state index is 11.9. The summed E-state index contributed by atoms with van der Waals surface area (Å²) >= 11 is 0. The highest BCUT2D eigenvalue weighted by molar-refractivity contribution is 5.95. The topological polar surface area (TPSA) is 82.4 Å². The lowest BCUT2D eigenvalue weighted by atomic mass is 10.0. The first-order valence-electron chi connectivity index (χ1n) is 7.88. The Morgan fingerprint density at radius 3 is 2.40 bits per heavy atom. The third-order valence-electron chi connectivity index (χ3n) is 3.42. The molecule has 0 aliphatic rings. The highest BCUT2D eigenvalue weighted by Crippen LogP contribution is 2.24. The number of aromatic nitrogens is 2. The Morgan fingerprint density at radius 1 is 1.20 bits per heavy atom.